The van der Waals surface area contributed by atoms with Crippen LogP contribution in [-0.2, 0) is 10.0 Å². The summed E-state index contributed by atoms with van der Waals surface area (Å²) >= 11 is 0. The van der Waals surface area contributed by atoms with Crippen molar-refractivity contribution >= 4 is 10.0 Å². The molecule has 0 heterocycles. The Morgan fingerprint density at radius 3 is 2.17 bits per heavy atom. The summed E-state index contributed by atoms with van der Waals surface area (Å²) in [6.45, 7) is 6.43. The zero-order valence-electron chi connectivity index (χ0n) is 11.1. The van der Waals surface area contributed by atoms with Crippen LogP contribution in [0.1, 0.15) is 38.9 Å². The van der Waals surface area contributed by atoms with E-state index in [9.17, 15) is 13.5 Å². The maximum absolute atomic E-state index is 12.3. The van der Waals surface area contributed by atoms with Crippen molar-refractivity contribution in [3.05, 3.63) is 29.8 Å². The fourth-order valence-electron chi connectivity index (χ4n) is 1.77. The second-order valence-corrected chi connectivity index (χ2v) is 6.18. The third-order valence-electron chi connectivity index (χ3n) is 2.83. The Labute approximate surface area is 109 Å². The molecule has 5 heteroatoms. The molecule has 1 aromatic rings. The van der Waals surface area contributed by atoms with E-state index in [0.717, 1.165) is 6.42 Å². The first-order chi connectivity index (χ1) is 8.43. The number of benzene rings is 1. The Hall–Kier alpha value is -0.910. The van der Waals surface area contributed by atoms with Crippen LogP contribution < -0.4 is 0 Å². The van der Waals surface area contributed by atoms with Crippen molar-refractivity contribution in [2.75, 3.05) is 13.1 Å². The van der Waals surface area contributed by atoms with Gasteiger partial charge in [0.25, 0.3) is 0 Å². The fourth-order valence-corrected chi connectivity index (χ4v) is 3.31. The number of rotatable bonds is 6. The summed E-state index contributed by atoms with van der Waals surface area (Å²) in [5.74, 6) is 0. The van der Waals surface area contributed by atoms with E-state index in [-0.39, 0.29) is 4.90 Å². The molecule has 0 fully saturated rings. The topological polar surface area (TPSA) is 57.6 Å². The van der Waals surface area contributed by atoms with Crippen molar-refractivity contribution in [2.45, 2.75) is 38.2 Å². The van der Waals surface area contributed by atoms with Gasteiger partial charge in [-0.3, -0.25) is 0 Å². The molecule has 1 rings (SSSR count). The minimum Gasteiger partial charge on any atom is -0.389 e. The predicted molar refractivity (Wildman–Crippen MR) is 71.8 cm³/mol. The monoisotopic (exact) mass is 271 g/mol. The largest absolute Gasteiger partial charge is 0.389 e. The van der Waals surface area contributed by atoms with Crippen molar-refractivity contribution in [3.63, 3.8) is 0 Å². The summed E-state index contributed by atoms with van der Waals surface area (Å²) in [5, 5.41) is 9.40. The van der Waals surface area contributed by atoms with E-state index in [4.69, 9.17) is 0 Å². The highest BCUT2D eigenvalue weighted by molar-refractivity contribution is 7.89. The molecular formula is C13H21NO3S. The van der Waals surface area contributed by atoms with Gasteiger partial charge in [0.1, 0.15) is 0 Å². The molecule has 0 saturated heterocycles. The average Bonchev–Trinajstić information content (AvgIpc) is 2.35. The minimum absolute atomic E-state index is 0.280. The fraction of sp³-hybridized carbons (Fsp3) is 0.538. The van der Waals surface area contributed by atoms with Crippen LogP contribution in [0.25, 0.3) is 0 Å². The normalized spacial score (nSPS) is 13.8. The Kier molecular flexibility index (Phi) is 5.31. The van der Waals surface area contributed by atoms with E-state index in [1.807, 2.05) is 13.8 Å². The Bertz CT molecular complexity index is 466. The maximum atomic E-state index is 12.3. The van der Waals surface area contributed by atoms with E-state index in [2.05, 4.69) is 0 Å². The van der Waals surface area contributed by atoms with Crippen molar-refractivity contribution < 1.29 is 13.5 Å². The lowest BCUT2D eigenvalue weighted by molar-refractivity contribution is 0.199. The van der Waals surface area contributed by atoms with Gasteiger partial charge < -0.3 is 5.11 Å². The van der Waals surface area contributed by atoms with E-state index < -0.39 is 16.1 Å². The van der Waals surface area contributed by atoms with Crippen molar-refractivity contribution in [1.29, 1.82) is 0 Å². The highest BCUT2D eigenvalue weighted by Gasteiger charge is 2.22. The number of hydrogen-bond donors (Lipinski definition) is 1. The second kappa shape index (κ2) is 6.31. The predicted octanol–water partition coefficient (Wildman–Crippen LogP) is 2.16. The van der Waals surface area contributed by atoms with Gasteiger partial charge in [-0.2, -0.15) is 4.31 Å². The zero-order valence-corrected chi connectivity index (χ0v) is 11.9. The highest BCUT2D eigenvalue weighted by atomic mass is 32.2. The Morgan fingerprint density at radius 1 is 1.22 bits per heavy atom. The van der Waals surface area contributed by atoms with Gasteiger partial charge in [0.2, 0.25) is 10.0 Å². The third-order valence-corrected chi connectivity index (χ3v) is 4.81. The van der Waals surface area contributed by atoms with Gasteiger partial charge in [-0.05, 0) is 31.0 Å². The molecule has 0 amide bonds. The van der Waals surface area contributed by atoms with Crippen LogP contribution in [0.15, 0.2) is 29.2 Å². The number of aliphatic hydroxyl groups is 1. The van der Waals surface area contributed by atoms with Gasteiger partial charge in [0.15, 0.2) is 0 Å². The SMILES string of the molecule is CCCN(CC)S(=O)(=O)c1ccc(C(C)O)cc1. The summed E-state index contributed by atoms with van der Waals surface area (Å²) in [6, 6.07) is 6.40. The Morgan fingerprint density at radius 2 is 1.78 bits per heavy atom. The standard InChI is InChI=1S/C13H21NO3S/c1-4-10-14(5-2)18(16,17)13-8-6-12(7-9-13)11(3)15/h6-9,11,15H,4-5,10H2,1-3H3. The molecule has 102 valence electrons. The van der Waals surface area contributed by atoms with Crippen molar-refractivity contribution in [3.8, 4) is 0 Å². The minimum atomic E-state index is -3.40. The summed E-state index contributed by atoms with van der Waals surface area (Å²) in [5.41, 5.74) is 0.715. The lowest BCUT2D eigenvalue weighted by Crippen LogP contribution is -2.31. The molecule has 0 aliphatic carbocycles. The van der Waals surface area contributed by atoms with Gasteiger partial charge in [0.05, 0.1) is 11.0 Å². The van der Waals surface area contributed by atoms with Gasteiger partial charge in [-0.1, -0.05) is 26.0 Å². The molecule has 0 aliphatic rings. The molecule has 1 aromatic carbocycles. The van der Waals surface area contributed by atoms with Crippen LogP contribution in [0.4, 0.5) is 0 Å². The van der Waals surface area contributed by atoms with E-state index in [1.54, 1.807) is 31.2 Å². The van der Waals surface area contributed by atoms with E-state index >= 15 is 0 Å². The van der Waals surface area contributed by atoms with Crippen LogP contribution in [-0.4, -0.2) is 30.9 Å². The molecule has 0 spiro atoms. The lowest BCUT2D eigenvalue weighted by atomic mass is 10.1. The maximum Gasteiger partial charge on any atom is 0.243 e. The number of nitrogens with zero attached hydrogens (tertiary/aromatic N) is 1. The molecular weight excluding hydrogens is 250 g/mol. The van der Waals surface area contributed by atoms with E-state index in [0.29, 0.717) is 18.7 Å². The van der Waals surface area contributed by atoms with Gasteiger partial charge in [-0.15, -0.1) is 0 Å². The summed E-state index contributed by atoms with van der Waals surface area (Å²) in [7, 11) is -3.40. The molecule has 1 unspecified atom stereocenters. The van der Waals surface area contributed by atoms with Crippen molar-refractivity contribution in [2.24, 2.45) is 0 Å². The summed E-state index contributed by atoms with van der Waals surface area (Å²) < 4.78 is 26.1. The first kappa shape index (κ1) is 15.1. The molecule has 0 bridgehead atoms. The second-order valence-electron chi connectivity index (χ2n) is 4.24. The molecule has 0 saturated carbocycles. The van der Waals surface area contributed by atoms with Gasteiger partial charge in [-0.25, -0.2) is 8.42 Å². The summed E-state index contributed by atoms with van der Waals surface area (Å²) in [6.07, 6.45) is 0.207. The van der Waals surface area contributed by atoms with Crippen LogP contribution in [0.2, 0.25) is 0 Å². The number of hydrogen-bond acceptors (Lipinski definition) is 3. The molecule has 0 aromatic heterocycles. The van der Waals surface area contributed by atoms with Gasteiger partial charge >= 0.3 is 0 Å². The van der Waals surface area contributed by atoms with Crippen LogP contribution in [0, 0.1) is 0 Å². The van der Waals surface area contributed by atoms with Crippen molar-refractivity contribution in [1.82, 2.24) is 4.31 Å². The molecule has 1 atom stereocenters. The third kappa shape index (κ3) is 3.31. The Balaban J connectivity index is 3.04. The first-order valence-corrected chi connectivity index (χ1v) is 7.65. The van der Waals surface area contributed by atoms with Gasteiger partial charge in [0, 0.05) is 13.1 Å². The summed E-state index contributed by atoms with van der Waals surface area (Å²) in [4.78, 5) is 0.280. The number of sulfonamides is 1. The molecule has 18 heavy (non-hydrogen) atoms. The van der Waals surface area contributed by atoms with Crippen LogP contribution in [0.3, 0.4) is 0 Å². The van der Waals surface area contributed by atoms with Crippen LogP contribution in [0.5, 0.6) is 0 Å². The van der Waals surface area contributed by atoms with E-state index in [1.165, 1.54) is 4.31 Å². The molecule has 4 nitrogen and oxygen atoms in total. The average molecular weight is 271 g/mol. The lowest BCUT2D eigenvalue weighted by Gasteiger charge is -2.20. The quantitative estimate of drug-likeness (QED) is 0.862. The molecule has 0 radical (unpaired) electrons. The smallest absolute Gasteiger partial charge is 0.243 e. The molecule has 0 aliphatic heterocycles. The first-order valence-electron chi connectivity index (χ1n) is 6.21. The van der Waals surface area contributed by atoms with Crippen LogP contribution >= 0.6 is 0 Å². The number of aliphatic hydroxyl groups excluding tert-OH is 1. The zero-order chi connectivity index (χ0) is 13.8. The highest BCUT2D eigenvalue weighted by Crippen LogP contribution is 2.19. The molecule has 1 N–H and O–H groups in total.